The summed E-state index contributed by atoms with van der Waals surface area (Å²) in [6, 6.07) is 0.207. The molecule has 0 radical (unpaired) electrons. The fraction of sp³-hybridized carbons (Fsp3) is 0.933. The summed E-state index contributed by atoms with van der Waals surface area (Å²) in [5.74, 6) is 1.44. The number of likely N-dealkylation sites (tertiary alicyclic amines) is 1. The fourth-order valence-corrected chi connectivity index (χ4v) is 2.52. The predicted octanol–water partition coefficient (Wildman–Crippen LogP) is 1.44. The van der Waals surface area contributed by atoms with Crippen LogP contribution in [0, 0.1) is 5.92 Å². The van der Waals surface area contributed by atoms with Crippen molar-refractivity contribution in [3.05, 3.63) is 0 Å². The van der Waals surface area contributed by atoms with Gasteiger partial charge in [-0.1, -0.05) is 6.92 Å². The fourth-order valence-electron chi connectivity index (χ4n) is 2.52. The van der Waals surface area contributed by atoms with Crippen molar-refractivity contribution in [2.24, 2.45) is 16.6 Å². The molecule has 0 aromatic carbocycles. The normalized spacial score (nSPS) is 20.1. The lowest BCUT2D eigenvalue weighted by atomic mass is 9.99. The van der Waals surface area contributed by atoms with Gasteiger partial charge in [-0.05, 0) is 58.2 Å². The van der Waals surface area contributed by atoms with E-state index in [1.165, 1.54) is 38.9 Å². The molecule has 0 aliphatic carbocycles. The number of hydrogen-bond donors (Lipinski definition) is 2. The number of nitrogens with zero attached hydrogens (tertiary/aromatic N) is 2. The molecule has 0 aromatic rings. The molecule has 0 spiro atoms. The van der Waals surface area contributed by atoms with Gasteiger partial charge in [-0.3, -0.25) is 4.99 Å². The first-order valence-electron chi connectivity index (χ1n) is 7.89. The van der Waals surface area contributed by atoms with Crippen LogP contribution in [-0.4, -0.2) is 56.8 Å². The molecule has 5 heteroatoms. The number of unbranched alkanes of at least 4 members (excludes halogenated alkanes) is 1. The zero-order valence-electron chi connectivity index (χ0n) is 13.4. The minimum atomic E-state index is 0.207. The summed E-state index contributed by atoms with van der Waals surface area (Å²) in [7, 11) is 1.69. The Morgan fingerprint density at radius 1 is 1.40 bits per heavy atom. The number of guanidine groups is 1. The third kappa shape index (κ3) is 7.70. The second-order valence-corrected chi connectivity index (χ2v) is 6.00. The molecule has 20 heavy (non-hydrogen) atoms. The Bertz CT molecular complexity index is 275. The lowest BCUT2D eigenvalue weighted by molar-refractivity contribution is 0.179. The van der Waals surface area contributed by atoms with Gasteiger partial charge in [0.25, 0.3) is 0 Å². The van der Waals surface area contributed by atoms with Crippen LogP contribution in [0.2, 0.25) is 0 Å². The lowest BCUT2D eigenvalue weighted by Gasteiger charge is -2.30. The van der Waals surface area contributed by atoms with E-state index in [0.29, 0.717) is 12.6 Å². The average Bonchev–Trinajstić information content (AvgIpc) is 2.40. The maximum Gasteiger partial charge on any atom is 0.188 e. The number of rotatable bonds is 8. The monoisotopic (exact) mass is 284 g/mol. The van der Waals surface area contributed by atoms with Gasteiger partial charge in [0, 0.05) is 19.7 Å². The Morgan fingerprint density at radius 2 is 2.10 bits per heavy atom. The standard InChI is InChI=1S/C15H32N4O/c1-13-6-10-19(11-7-13)9-5-4-8-17-15(16)18-14(2)12-20-3/h13-14H,4-12H2,1-3H3,(H3,16,17,18). The molecule has 118 valence electrons. The predicted molar refractivity (Wildman–Crippen MR) is 85.0 cm³/mol. The second-order valence-electron chi connectivity index (χ2n) is 6.00. The molecule has 3 N–H and O–H groups in total. The van der Waals surface area contributed by atoms with E-state index in [4.69, 9.17) is 10.5 Å². The topological polar surface area (TPSA) is 62.9 Å². The van der Waals surface area contributed by atoms with Gasteiger partial charge in [-0.2, -0.15) is 0 Å². The quantitative estimate of drug-likeness (QED) is 0.402. The van der Waals surface area contributed by atoms with E-state index < -0.39 is 0 Å². The van der Waals surface area contributed by atoms with Crippen molar-refractivity contribution < 1.29 is 4.74 Å². The summed E-state index contributed by atoms with van der Waals surface area (Å²) in [5, 5.41) is 3.12. The zero-order chi connectivity index (χ0) is 14.8. The van der Waals surface area contributed by atoms with Crippen LogP contribution in [0.4, 0.5) is 0 Å². The van der Waals surface area contributed by atoms with Crippen molar-refractivity contribution in [3.8, 4) is 0 Å². The second kappa shape index (κ2) is 10.00. The van der Waals surface area contributed by atoms with Gasteiger partial charge in [0.15, 0.2) is 5.96 Å². The SMILES string of the molecule is COCC(C)NC(N)=NCCCCN1CCC(C)CC1. The Kier molecular flexibility index (Phi) is 8.62. The van der Waals surface area contributed by atoms with Crippen LogP contribution in [0.1, 0.15) is 39.5 Å². The third-order valence-corrected chi connectivity index (χ3v) is 3.85. The van der Waals surface area contributed by atoms with E-state index in [1.54, 1.807) is 7.11 Å². The third-order valence-electron chi connectivity index (χ3n) is 3.85. The van der Waals surface area contributed by atoms with Gasteiger partial charge in [0.05, 0.1) is 6.61 Å². The number of aliphatic imine (C=N–C) groups is 1. The minimum absolute atomic E-state index is 0.207. The molecule has 1 fully saturated rings. The first-order valence-corrected chi connectivity index (χ1v) is 7.89. The van der Waals surface area contributed by atoms with Crippen LogP contribution in [-0.2, 0) is 4.74 Å². The Hall–Kier alpha value is -0.810. The van der Waals surface area contributed by atoms with Crippen molar-refractivity contribution >= 4 is 5.96 Å². The lowest BCUT2D eigenvalue weighted by Crippen LogP contribution is -2.40. The van der Waals surface area contributed by atoms with E-state index in [9.17, 15) is 0 Å². The van der Waals surface area contributed by atoms with Crippen LogP contribution in [0.25, 0.3) is 0 Å². The molecule has 0 amide bonds. The Balaban J connectivity index is 2.03. The van der Waals surface area contributed by atoms with Crippen molar-refractivity contribution in [1.82, 2.24) is 10.2 Å². The molecule has 1 saturated heterocycles. The molecule has 0 aromatic heterocycles. The largest absolute Gasteiger partial charge is 0.383 e. The first kappa shape index (κ1) is 17.2. The van der Waals surface area contributed by atoms with Crippen molar-refractivity contribution in [3.63, 3.8) is 0 Å². The summed E-state index contributed by atoms with van der Waals surface area (Å²) in [6.45, 7) is 9.57. The molecule has 1 unspecified atom stereocenters. The highest BCUT2D eigenvalue weighted by molar-refractivity contribution is 5.78. The van der Waals surface area contributed by atoms with E-state index in [-0.39, 0.29) is 6.04 Å². The highest BCUT2D eigenvalue weighted by Gasteiger charge is 2.14. The highest BCUT2D eigenvalue weighted by atomic mass is 16.5. The minimum Gasteiger partial charge on any atom is -0.383 e. The summed E-state index contributed by atoms with van der Waals surface area (Å²) >= 11 is 0. The van der Waals surface area contributed by atoms with Crippen molar-refractivity contribution in [2.75, 3.05) is 39.9 Å². The van der Waals surface area contributed by atoms with Crippen LogP contribution in [0.3, 0.4) is 0 Å². The number of ether oxygens (including phenoxy) is 1. The molecule has 5 nitrogen and oxygen atoms in total. The molecule has 0 bridgehead atoms. The van der Waals surface area contributed by atoms with Crippen LogP contribution in [0.5, 0.6) is 0 Å². The Labute approximate surface area is 124 Å². The maximum absolute atomic E-state index is 5.82. The van der Waals surface area contributed by atoms with Crippen molar-refractivity contribution in [1.29, 1.82) is 0 Å². The summed E-state index contributed by atoms with van der Waals surface area (Å²) < 4.78 is 5.04. The van der Waals surface area contributed by atoms with E-state index in [2.05, 4.69) is 22.1 Å². The van der Waals surface area contributed by atoms with E-state index in [1.807, 2.05) is 6.92 Å². The summed E-state index contributed by atoms with van der Waals surface area (Å²) in [5.41, 5.74) is 5.82. The molecular weight excluding hydrogens is 252 g/mol. The van der Waals surface area contributed by atoms with Crippen LogP contribution in [0.15, 0.2) is 4.99 Å². The number of hydrogen-bond acceptors (Lipinski definition) is 3. The average molecular weight is 284 g/mol. The van der Waals surface area contributed by atoms with Gasteiger partial charge in [-0.15, -0.1) is 0 Å². The summed E-state index contributed by atoms with van der Waals surface area (Å²) in [4.78, 5) is 6.93. The number of methoxy groups -OCH3 is 1. The zero-order valence-corrected chi connectivity index (χ0v) is 13.4. The van der Waals surface area contributed by atoms with Gasteiger partial charge < -0.3 is 20.7 Å². The molecule has 1 aliphatic rings. The van der Waals surface area contributed by atoms with Crippen molar-refractivity contribution in [2.45, 2.75) is 45.6 Å². The number of nitrogens with two attached hydrogens (primary N) is 1. The van der Waals surface area contributed by atoms with E-state index in [0.717, 1.165) is 18.9 Å². The molecule has 1 rings (SSSR count). The van der Waals surface area contributed by atoms with E-state index >= 15 is 0 Å². The highest BCUT2D eigenvalue weighted by Crippen LogP contribution is 2.16. The molecule has 1 aliphatic heterocycles. The van der Waals surface area contributed by atoms with Gasteiger partial charge >= 0.3 is 0 Å². The molecule has 1 atom stereocenters. The van der Waals surface area contributed by atoms with Gasteiger partial charge in [0.2, 0.25) is 0 Å². The smallest absolute Gasteiger partial charge is 0.188 e. The molecule has 0 saturated carbocycles. The van der Waals surface area contributed by atoms with Gasteiger partial charge in [-0.25, -0.2) is 0 Å². The maximum atomic E-state index is 5.82. The van der Waals surface area contributed by atoms with Gasteiger partial charge in [0.1, 0.15) is 0 Å². The molecular formula is C15H32N4O. The summed E-state index contributed by atoms with van der Waals surface area (Å²) in [6.07, 6.45) is 5.02. The first-order chi connectivity index (χ1) is 9.61. The molecule has 1 heterocycles. The number of nitrogens with one attached hydrogen (secondary N) is 1. The van der Waals surface area contributed by atoms with Crippen LogP contribution < -0.4 is 11.1 Å². The number of piperidine rings is 1. The Morgan fingerprint density at radius 3 is 2.75 bits per heavy atom. The van der Waals surface area contributed by atoms with Crippen LogP contribution >= 0.6 is 0 Å².